The van der Waals surface area contributed by atoms with Crippen LogP contribution in [0.15, 0.2) is 30.3 Å². The van der Waals surface area contributed by atoms with Crippen LogP contribution in [0, 0.1) is 23.2 Å². The highest BCUT2D eigenvalue weighted by Gasteiger charge is 2.53. The van der Waals surface area contributed by atoms with E-state index in [0.29, 0.717) is 23.3 Å². The van der Waals surface area contributed by atoms with Crippen molar-refractivity contribution in [2.45, 2.75) is 52.1 Å². The minimum atomic E-state index is -0.196. The van der Waals surface area contributed by atoms with Gasteiger partial charge in [0.15, 0.2) is 0 Å². The van der Waals surface area contributed by atoms with Crippen molar-refractivity contribution in [3.05, 3.63) is 35.9 Å². The van der Waals surface area contributed by atoms with Gasteiger partial charge in [-0.1, -0.05) is 32.0 Å². The minimum Gasteiger partial charge on any atom is -0.458 e. The summed E-state index contributed by atoms with van der Waals surface area (Å²) in [4.78, 5) is 12.4. The highest BCUT2D eigenvalue weighted by molar-refractivity contribution is 5.89. The summed E-state index contributed by atoms with van der Waals surface area (Å²) in [6, 6.07) is 9.28. The van der Waals surface area contributed by atoms with Gasteiger partial charge in [0.2, 0.25) is 0 Å². The van der Waals surface area contributed by atoms with Crippen molar-refractivity contribution in [2.24, 2.45) is 23.2 Å². The number of carbonyl (C=O) groups is 1. The smallest absolute Gasteiger partial charge is 0.338 e. The van der Waals surface area contributed by atoms with Gasteiger partial charge < -0.3 is 9.84 Å². The monoisotopic (exact) mass is 316 g/mol. The molecule has 3 nitrogen and oxygen atoms in total. The highest BCUT2D eigenvalue weighted by Crippen LogP contribution is 2.58. The highest BCUT2D eigenvalue weighted by atomic mass is 16.5. The zero-order chi connectivity index (χ0) is 16.4. The standard InChI is InChI=1S/C20H28O3/c1-14(13-21)16-10-11-17-18(9-6-12-20(16,17)2)23-19(22)15-7-4-3-5-8-15/h3-5,7-8,14,16-18,21H,6,9-13H2,1-2H3/t14-,16-,17+,18+,20-/m1/s1. The van der Waals surface area contributed by atoms with Gasteiger partial charge in [0.1, 0.15) is 6.10 Å². The van der Waals surface area contributed by atoms with E-state index in [0.717, 1.165) is 25.7 Å². The number of aliphatic hydroxyl groups is 1. The number of ether oxygens (including phenoxy) is 1. The van der Waals surface area contributed by atoms with E-state index in [1.165, 1.54) is 6.42 Å². The zero-order valence-corrected chi connectivity index (χ0v) is 14.2. The van der Waals surface area contributed by atoms with Gasteiger partial charge in [0, 0.05) is 12.5 Å². The molecule has 0 saturated heterocycles. The van der Waals surface area contributed by atoms with E-state index < -0.39 is 0 Å². The molecule has 0 spiro atoms. The van der Waals surface area contributed by atoms with Crippen molar-refractivity contribution in [1.29, 1.82) is 0 Å². The molecule has 2 aliphatic carbocycles. The Morgan fingerprint density at radius 2 is 2.04 bits per heavy atom. The average molecular weight is 316 g/mol. The average Bonchev–Trinajstić information content (AvgIpc) is 2.93. The lowest BCUT2D eigenvalue weighted by Crippen LogP contribution is -2.43. The molecule has 1 aromatic rings. The van der Waals surface area contributed by atoms with Crippen molar-refractivity contribution in [3.63, 3.8) is 0 Å². The van der Waals surface area contributed by atoms with Crippen molar-refractivity contribution in [3.8, 4) is 0 Å². The summed E-state index contributed by atoms with van der Waals surface area (Å²) in [7, 11) is 0. The molecule has 0 aliphatic heterocycles. The second-order valence-electron chi connectivity index (χ2n) is 7.66. The SMILES string of the molecule is C[C@H](CO)[C@H]1CC[C@H]2[C@@H](OC(=O)c3ccccc3)CCC[C@]12C. The Bertz CT molecular complexity index is 541. The first kappa shape index (κ1) is 16.5. The molecule has 0 aromatic heterocycles. The third-order valence-electron chi connectivity index (χ3n) is 6.38. The molecule has 3 rings (SSSR count). The fraction of sp³-hybridized carbons (Fsp3) is 0.650. The van der Waals surface area contributed by atoms with Crippen LogP contribution in [0.25, 0.3) is 0 Å². The van der Waals surface area contributed by atoms with E-state index in [2.05, 4.69) is 13.8 Å². The lowest BCUT2D eigenvalue weighted by Gasteiger charge is -2.46. The molecule has 3 heteroatoms. The summed E-state index contributed by atoms with van der Waals surface area (Å²) >= 11 is 0. The molecular formula is C20H28O3. The van der Waals surface area contributed by atoms with Gasteiger partial charge in [0.25, 0.3) is 0 Å². The number of benzene rings is 1. The van der Waals surface area contributed by atoms with Crippen LogP contribution in [-0.4, -0.2) is 23.8 Å². The number of carbonyl (C=O) groups excluding carboxylic acids is 1. The summed E-state index contributed by atoms with van der Waals surface area (Å²) in [5.41, 5.74) is 0.834. The van der Waals surface area contributed by atoms with Crippen molar-refractivity contribution in [2.75, 3.05) is 6.61 Å². The first-order valence-electron chi connectivity index (χ1n) is 8.93. The molecule has 0 bridgehead atoms. The molecule has 0 unspecified atom stereocenters. The first-order chi connectivity index (χ1) is 11.1. The number of hydrogen-bond acceptors (Lipinski definition) is 3. The largest absolute Gasteiger partial charge is 0.458 e. The maximum atomic E-state index is 12.4. The van der Waals surface area contributed by atoms with E-state index >= 15 is 0 Å². The van der Waals surface area contributed by atoms with Gasteiger partial charge in [-0.25, -0.2) is 4.79 Å². The molecule has 0 amide bonds. The van der Waals surface area contributed by atoms with E-state index in [4.69, 9.17) is 4.74 Å². The van der Waals surface area contributed by atoms with Gasteiger partial charge in [-0.2, -0.15) is 0 Å². The molecule has 2 saturated carbocycles. The predicted molar refractivity (Wildman–Crippen MR) is 90.1 cm³/mol. The Morgan fingerprint density at radius 1 is 1.30 bits per heavy atom. The number of rotatable bonds is 4. The summed E-state index contributed by atoms with van der Waals surface area (Å²) in [6.07, 6.45) is 5.54. The summed E-state index contributed by atoms with van der Waals surface area (Å²) in [5, 5.41) is 9.57. The van der Waals surface area contributed by atoms with Crippen LogP contribution >= 0.6 is 0 Å². The van der Waals surface area contributed by atoms with Gasteiger partial charge >= 0.3 is 5.97 Å². The zero-order valence-electron chi connectivity index (χ0n) is 14.2. The Balaban J connectivity index is 1.74. The molecule has 1 aromatic carbocycles. The summed E-state index contributed by atoms with van der Waals surface area (Å²) < 4.78 is 5.92. The lowest BCUT2D eigenvalue weighted by molar-refractivity contribution is -0.0498. The molecular weight excluding hydrogens is 288 g/mol. The Kier molecular flexibility index (Phi) is 4.77. The van der Waals surface area contributed by atoms with Gasteiger partial charge in [0.05, 0.1) is 5.56 Å². The van der Waals surface area contributed by atoms with Crippen LogP contribution in [0.1, 0.15) is 56.3 Å². The van der Waals surface area contributed by atoms with Gasteiger partial charge in [-0.05, 0) is 61.5 Å². The van der Waals surface area contributed by atoms with Crippen LogP contribution < -0.4 is 0 Å². The second-order valence-corrected chi connectivity index (χ2v) is 7.66. The van der Waals surface area contributed by atoms with Crippen molar-refractivity contribution >= 4 is 5.97 Å². The normalized spacial score (nSPS) is 34.7. The maximum Gasteiger partial charge on any atom is 0.338 e. The van der Waals surface area contributed by atoms with E-state index in [-0.39, 0.29) is 24.1 Å². The maximum absolute atomic E-state index is 12.4. The minimum absolute atomic E-state index is 0.0253. The van der Waals surface area contributed by atoms with Crippen LogP contribution in [0.3, 0.4) is 0 Å². The van der Waals surface area contributed by atoms with Crippen LogP contribution in [0.4, 0.5) is 0 Å². The second kappa shape index (κ2) is 6.64. The summed E-state index contributed by atoms with van der Waals surface area (Å²) in [5.74, 6) is 1.10. The van der Waals surface area contributed by atoms with Crippen molar-refractivity contribution < 1.29 is 14.6 Å². The summed E-state index contributed by atoms with van der Waals surface area (Å²) in [6.45, 7) is 4.75. The number of esters is 1. The molecule has 1 N–H and O–H groups in total. The lowest BCUT2D eigenvalue weighted by atomic mass is 9.62. The van der Waals surface area contributed by atoms with Gasteiger partial charge in [-0.3, -0.25) is 0 Å². The fourth-order valence-corrected chi connectivity index (χ4v) is 5.14. The van der Waals surface area contributed by atoms with E-state index in [1.54, 1.807) is 0 Å². The molecule has 2 aliphatic rings. The Labute approximate surface area is 139 Å². The molecule has 0 radical (unpaired) electrons. The van der Waals surface area contributed by atoms with Gasteiger partial charge in [-0.15, -0.1) is 0 Å². The number of hydrogen-bond donors (Lipinski definition) is 1. The Morgan fingerprint density at radius 3 is 2.74 bits per heavy atom. The quantitative estimate of drug-likeness (QED) is 0.852. The molecule has 23 heavy (non-hydrogen) atoms. The molecule has 0 heterocycles. The number of fused-ring (bicyclic) bond motifs is 1. The topological polar surface area (TPSA) is 46.5 Å². The Hall–Kier alpha value is -1.35. The molecule has 5 atom stereocenters. The van der Waals surface area contributed by atoms with Crippen LogP contribution in [-0.2, 0) is 4.74 Å². The van der Waals surface area contributed by atoms with E-state index in [9.17, 15) is 9.90 Å². The van der Waals surface area contributed by atoms with Crippen LogP contribution in [0.2, 0.25) is 0 Å². The molecule has 2 fully saturated rings. The fourth-order valence-electron chi connectivity index (χ4n) is 5.14. The first-order valence-corrected chi connectivity index (χ1v) is 8.93. The van der Waals surface area contributed by atoms with E-state index in [1.807, 2.05) is 30.3 Å². The molecule has 126 valence electrons. The third-order valence-corrected chi connectivity index (χ3v) is 6.38. The number of aliphatic hydroxyl groups excluding tert-OH is 1. The third kappa shape index (κ3) is 3.03. The van der Waals surface area contributed by atoms with Crippen molar-refractivity contribution in [1.82, 2.24) is 0 Å². The predicted octanol–water partition coefficient (Wildman–Crippen LogP) is 4.06. The van der Waals surface area contributed by atoms with Crippen LogP contribution in [0.5, 0.6) is 0 Å².